The van der Waals surface area contributed by atoms with E-state index in [0.717, 1.165) is 60.8 Å². The van der Waals surface area contributed by atoms with Crippen molar-refractivity contribution in [2.75, 3.05) is 26.8 Å². The second-order valence-electron chi connectivity index (χ2n) is 11.7. The van der Waals surface area contributed by atoms with Gasteiger partial charge in [-0.15, -0.1) is 0 Å². The number of imidazole rings is 1. The summed E-state index contributed by atoms with van der Waals surface area (Å²) in [5.74, 6) is 2.04. The van der Waals surface area contributed by atoms with Crippen LogP contribution in [0.2, 0.25) is 0 Å². The lowest BCUT2D eigenvalue weighted by molar-refractivity contribution is -0.0591. The molecule has 10 heteroatoms. The molecule has 0 N–H and O–H groups in total. The fourth-order valence-electron chi connectivity index (χ4n) is 6.60. The first-order valence-corrected chi connectivity index (χ1v) is 14.6. The van der Waals surface area contributed by atoms with Crippen LogP contribution < -0.4 is 4.74 Å². The van der Waals surface area contributed by atoms with Crippen molar-refractivity contribution >= 4 is 17.0 Å². The number of methoxy groups -OCH3 is 1. The van der Waals surface area contributed by atoms with Crippen molar-refractivity contribution in [2.45, 2.75) is 45.1 Å². The summed E-state index contributed by atoms with van der Waals surface area (Å²) in [6, 6.07) is 15.8. The molecule has 2 aliphatic heterocycles. The molecule has 4 heterocycles. The van der Waals surface area contributed by atoms with Crippen LogP contribution in [0.25, 0.3) is 11.0 Å². The summed E-state index contributed by atoms with van der Waals surface area (Å²) in [4.78, 5) is 24.6. The van der Waals surface area contributed by atoms with Gasteiger partial charge in [-0.3, -0.25) is 4.90 Å². The second-order valence-corrected chi connectivity index (χ2v) is 11.7. The van der Waals surface area contributed by atoms with Gasteiger partial charge in [0.1, 0.15) is 18.2 Å². The van der Waals surface area contributed by atoms with E-state index < -0.39 is 5.82 Å². The van der Waals surface area contributed by atoms with Crippen molar-refractivity contribution in [1.82, 2.24) is 19.4 Å². The van der Waals surface area contributed by atoms with Crippen molar-refractivity contribution < 1.29 is 23.4 Å². The van der Waals surface area contributed by atoms with Gasteiger partial charge in [0, 0.05) is 42.9 Å². The molecule has 2 aromatic carbocycles. The van der Waals surface area contributed by atoms with Gasteiger partial charge in [0.15, 0.2) is 0 Å². The monoisotopic (exact) mass is 581 g/mol. The fraction of sp³-hybridized carbons (Fsp3) is 0.394. The van der Waals surface area contributed by atoms with E-state index in [1.807, 2.05) is 37.3 Å². The largest absolute Gasteiger partial charge is 0.473 e. The lowest BCUT2D eigenvalue weighted by Crippen LogP contribution is -2.33. The van der Waals surface area contributed by atoms with Crippen LogP contribution in [0.1, 0.15) is 50.9 Å². The molecule has 1 saturated carbocycles. The Morgan fingerprint density at radius 2 is 1.98 bits per heavy atom. The van der Waals surface area contributed by atoms with Crippen LogP contribution in [0.4, 0.5) is 4.39 Å². The molecule has 4 atom stereocenters. The third-order valence-electron chi connectivity index (χ3n) is 9.00. The number of hydrogen-bond donors (Lipinski definition) is 0. The summed E-state index contributed by atoms with van der Waals surface area (Å²) in [6.45, 7) is 6.15. The maximum absolute atomic E-state index is 14.3. The van der Waals surface area contributed by atoms with E-state index in [-0.39, 0.29) is 24.2 Å². The quantitative estimate of drug-likeness (QED) is 0.261. The summed E-state index contributed by atoms with van der Waals surface area (Å²) < 4.78 is 33.1. The number of nitriles is 1. The Labute approximate surface area is 248 Å². The van der Waals surface area contributed by atoms with Crippen LogP contribution in [0.3, 0.4) is 0 Å². The average molecular weight is 582 g/mol. The number of fused-ring (bicyclic) bond motifs is 2. The van der Waals surface area contributed by atoms with Crippen LogP contribution in [-0.2, 0) is 29.2 Å². The summed E-state index contributed by atoms with van der Waals surface area (Å²) >= 11 is 0. The van der Waals surface area contributed by atoms with Crippen molar-refractivity contribution in [3.05, 3.63) is 88.1 Å². The maximum Gasteiger partial charge on any atom is 0.337 e. The minimum atomic E-state index is -0.458. The third kappa shape index (κ3) is 5.24. The van der Waals surface area contributed by atoms with Crippen LogP contribution >= 0.6 is 0 Å². The summed E-state index contributed by atoms with van der Waals surface area (Å²) in [6.07, 6.45) is 1.17. The van der Waals surface area contributed by atoms with E-state index in [4.69, 9.17) is 29.4 Å². The van der Waals surface area contributed by atoms with Gasteiger partial charge in [0.25, 0.3) is 0 Å². The predicted molar refractivity (Wildman–Crippen MR) is 155 cm³/mol. The van der Waals surface area contributed by atoms with E-state index in [0.29, 0.717) is 41.3 Å². The minimum absolute atomic E-state index is 0.0484. The zero-order valence-corrected chi connectivity index (χ0v) is 24.1. The molecule has 2 unspecified atom stereocenters. The van der Waals surface area contributed by atoms with Gasteiger partial charge in [-0.05, 0) is 61.1 Å². The average Bonchev–Trinajstić information content (AvgIpc) is 3.30. The molecule has 0 radical (unpaired) electrons. The topological polar surface area (TPSA) is 102 Å². The number of carbonyl (C=O) groups is 1. The number of carbonyl (C=O) groups excluding carboxylic acids is 1. The number of esters is 1. The van der Waals surface area contributed by atoms with Gasteiger partial charge in [0.05, 0.1) is 54.5 Å². The minimum Gasteiger partial charge on any atom is -0.473 e. The van der Waals surface area contributed by atoms with Crippen LogP contribution in [0, 0.1) is 35.9 Å². The van der Waals surface area contributed by atoms with Crippen molar-refractivity contribution in [3.8, 4) is 11.9 Å². The Morgan fingerprint density at radius 3 is 2.67 bits per heavy atom. The fourth-order valence-corrected chi connectivity index (χ4v) is 6.60. The second kappa shape index (κ2) is 11.1. The highest BCUT2D eigenvalue weighted by molar-refractivity contribution is 5.95. The number of rotatable bonds is 9. The van der Waals surface area contributed by atoms with Gasteiger partial charge in [-0.1, -0.05) is 12.1 Å². The molecule has 7 rings (SSSR count). The Hall–Kier alpha value is -4.33. The molecule has 0 spiro atoms. The number of aromatic nitrogens is 3. The molecule has 0 bridgehead atoms. The van der Waals surface area contributed by atoms with Gasteiger partial charge in [-0.25, -0.2) is 19.2 Å². The number of nitrogens with zero attached hydrogens (tertiary/aromatic N) is 5. The standard InChI is InChI=1S/C33H32FN5O4/c1-19-10-22(33(40)41-2)12-28-32(19)37-29(39(28)14-23-8-9-42-23)17-38-15-24-25(16-38)31(24)27-4-3-5-30(36-27)43-18-21-7-6-20(13-35)11-26(21)34/h3-7,10-12,23-25,31H,8-9,14-18H2,1-2H3/t23?,24-,25+,31?. The Balaban J connectivity index is 1.03. The molecule has 9 nitrogen and oxygen atoms in total. The molecular weight excluding hydrogens is 549 g/mol. The molecule has 2 aromatic heterocycles. The summed E-state index contributed by atoms with van der Waals surface area (Å²) in [5, 5.41) is 8.95. The van der Waals surface area contributed by atoms with E-state index in [1.54, 1.807) is 18.2 Å². The number of ether oxygens (including phenoxy) is 3. The lowest BCUT2D eigenvalue weighted by atomic mass is 10.1. The molecule has 2 saturated heterocycles. The molecule has 3 aliphatic rings. The molecule has 1 aliphatic carbocycles. The maximum atomic E-state index is 14.3. The molecule has 3 fully saturated rings. The third-order valence-corrected chi connectivity index (χ3v) is 9.00. The van der Waals surface area contributed by atoms with E-state index >= 15 is 0 Å². The highest BCUT2D eigenvalue weighted by atomic mass is 19.1. The number of halogens is 1. The smallest absolute Gasteiger partial charge is 0.337 e. The number of piperidine rings is 1. The highest BCUT2D eigenvalue weighted by Crippen LogP contribution is 2.58. The zero-order valence-electron chi connectivity index (χ0n) is 24.1. The van der Waals surface area contributed by atoms with Crippen LogP contribution in [0.15, 0.2) is 48.5 Å². The van der Waals surface area contributed by atoms with Crippen molar-refractivity contribution in [1.29, 1.82) is 5.26 Å². The van der Waals surface area contributed by atoms with Gasteiger partial charge >= 0.3 is 5.97 Å². The van der Waals surface area contributed by atoms with E-state index in [9.17, 15) is 9.18 Å². The van der Waals surface area contributed by atoms with Crippen molar-refractivity contribution in [3.63, 3.8) is 0 Å². The number of hydrogen-bond acceptors (Lipinski definition) is 8. The Kier molecular flexibility index (Phi) is 7.07. The molecular formula is C33H32FN5O4. The number of aryl methyl sites for hydroxylation is 1. The molecule has 0 amide bonds. The van der Waals surface area contributed by atoms with Gasteiger partial charge < -0.3 is 18.8 Å². The Morgan fingerprint density at radius 1 is 1.16 bits per heavy atom. The predicted octanol–water partition coefficient (Wildman–Crippen LogP) is 4.75. The summed E-state index contributed by atoms with van der Waals surface area (Å²) in [7, 11) is 1.40. The van der Waals surface area contributed by atoms with Gasteiger partial charge in [-0.2, -0.15) is 5.26 Å². The van der Waals surface area contributed by atoms with Crippen LogP contribution in [-0.4, -0.2) is 58.3 Å². The first-order chi connectivity index (χ1) is 20.9. The van der Waals surface area contributed by atoms with E-state index in [1.165, 1.54) is 13.2 Å². The number of benzene rings is 2. The van der Waals surface area contributed by atoms with E-state index in [2.05, 4.69) is 9.47 Å². The van der Waals surface area contributed by atoms with Crippen LogP contribution in [0.5, 0.6) is 5.88 Å². The first-order valence-electron chi connectivity index (χ1n) is 14.6. The first kappa shape index (κ1) is 27.5. The molecule has 4 aromatic rings. The SMILES string of the molecule is COC(=O)c1cc(C)c2nc(CN3C[C@@H]4C(c5cccc(OCc6ccc(C#N)cc6F)n5)[C@@H]4C3)n(CC3CCO3)c2c1. The number of pyridine rings is 1. The lowest BCUT2D eigenvalue weighted by Gasteiger charge is -2.28. The molecule has 220 valence electrons. The highest BCUT2D eigenvalue weighted by Gasteiger charge is 2.57. The zero-order chi connectivity index (χ0) is 29.7. The normalized spacial score (nSPS) is 22.6. The number of likely N-dealkylation sites (tertiary alicyclic amines) is 1. The Bertz CT molecular complexity index is 1750. The molecule has 43 heavy (non-hydrogen) atoms. The van der Waals surface area contributed by atoms with Gasteiger partial charge in [0.2, 0.25) is 5.88 Å². The van der Waals surface area contributed by atoms with Crippen molar-refractivity contribution in [2.24, 2.45) is 11.8 Å². The summed E-state index contributed by atoms with van der Waals surface area (Å²) in [5.41, 5.74) is 5.00.